The van der Waals surface area contributed by atoms with Crippen LogP contribution >= 0.6 is 0 Å². The standard InChI is InChI=1S/C14H10N2O3/c15-11(17)7-16-13(18)9-5-1-3-8-4-2-6-10(12(8)9)14(16)19/h1-6H,7H2,(H2,15,17). The van der Waals surface area contributed by atoms with E-state index in [0.717, 1.165) is 10.3 Å². The predicted molar refractivity (Wildman–Crippen MR) is 68.5 cm³/mol. The van der Waals surface area contributed by atoms with Crippen LogP contribution in [0.5, 0.6) is 0 Å². The highest BCUT2D eigenvalue weighted by Crippen LogP contribution is 2.29. The zero-order valence-electron chi connectivity index (χ0n) is 9.92. The first-order valence-electron chi connectivity index (χ1n) is 5.76. The first kappa shape index (κ1) is 11.4. The topological polar surface area (TPSA) is 80.5 Å². The largest absolute Gasteiger partial charge is 0.368 e. The van der Waals surface area contributed by atoms with E-state index in [1.165, 1.54) is 0 Å². The van der Waals surface area contributed by atoms with E-state index < -0.39 is 24.3 Å². The van der Waals surface area contributed by atoms with Crippen LogP contribution in [0.2, 0.25) is 0 Å². The Labute approximate surface area is 108 Å². The van der Waals surface area contributed by atoms with Crippen molar-refractivity contribution < 1.29 is 14.4 Å². The molecule has 5 nitrogen and oxygen atoms in total. The molecule has 0 bridgehead atoms. The quantitative estimate of drug-likeness (QED) is 0.809. The monoisotopic (exact) mass is 254 g/mol. The lowest BCUT2D eigenvalue weighted by molar-refractivity contribution is -0.118. The van der Waals surface area contributed by atoms with E-state index in [1.54, 1.807) is 24.3 Å². The Morgan fingerprint density at radius 3 is 2.00 bits per heavy atom. The summed E-state index contributed by atoms with van der Waals surface area (Å²) in [6, 6.07) is 10.5. The zero-order chi connectivity index (χ0) is 13.6. The molecule has 0 atom stereocenters. The fraction of sp³-hybridized carbons (Fsp3) is 0.0714. The van der Waals surface area contributed by atoms with Crippen molar-refractivity contribution >= 4 is 28.5 Å². The van der Waals surface area contributed by atoms with Crippen molar-refractivity contribution in [3.05, 3.63) is 47.5 Å². The summed E-state index contributed by atoms with van der Waals surface area (Å²) in [7, 11) is 0. The smallest absolute Gasteiger partial charge is 0.261 e. The number of primary amides is 1. The number of amides is 3. The molecule has 3 amide bonds. The lowest BCUT2D eigenvalue weighted by Gasteiger charge is -2.25. The summed E-state index contributed by atoms with van der Waals surface area (Å²) < 4.78 is 0. The average Bonchev–Trinajstić information content (AvgIpc) is 2.40. The Morgan fingerprint density at radius 1 is 1.00 bits per heavy atom. The summed E-state index contributed by atoms with van der Waals surface area (Å²) in [4.78, 5) is 36.4. The molecule has 0 saturated carbocycles. The van der Waals surface area contributed by atoms with E-state index in [2.05, 4.69) is 0 Å². The van der Waals surface area contributed by atoms with Gasteiger partial charge in [0, 0.05) is 16.5 Å². The molecular weight excluding hydrogens is 244 g/mol. The van der Waals surface area contributed by atoms with Crippen molar-refractivity contribution in [2.75, 3.05) is 6.54 Å². The summed E-state index contributed by atoms with van der Waals surface area (Å²) in [6.07, 6.45) is 0. The number of hydrogen-bond acceptors (Lipinski definition) is 3. The van der Waals surface area contributed by atoms with Gasteiger partial charge >= 0.3 is 0 Å². The molecule has 0 unspecified atom stereocenters. The minimum atomic E-state index is -0.715. The Kier molecular flexibility index (Phi) is 2.35. The molecule has 5 heteroatoms. The molecule has 19 heavy (non-hydrogen) atoms. The summed E-state index contributed by atoms with van der Waals surface area (Å²) in [5.74, 6) is -1.67. The van der Waals surface area contributed by atoms with Gasteiger partial charge in [-0.15, -0.1) is 0 Å². The molecule has 3 rings (SSSR count). The number of hydrogen-bond donors (Lipinski definition) is 1. The van der Waals surface area contributed by atoms with Crippen molar-refractivity contribution in [1.29, 1.82) is 0 Å². The maximum absolute atomic E-state index is 12.2. The van der Waals surface area contributed by atoms with Crippen LogP contribution in [0.3, 0.4) is 0 Å². The molecule has 2 N–H and O–H groups in total. The second-order valence-electron chi connectivity index (χ2n) is 4.37. The zero-order valence-corrected chi connectivity index (χ0v) is 9.92. The van der Waals surface area contributed by atoms with Crippen LogP contribution in [0.25, 0.3) is 10.8 Å². The van der Waals surface area contributed by atoms with Crippen molar-refractivity contribution in [3.63, 3.8) is 0 Å². The minimum absolute atomic E-state index is 0.400. The number of nitrogens with two attached hydrogens (primary N) is 1. The third-order valence-corrected chi connectivity index (χ3v) is 3.17. The number of benzene rings is 2. The first-order chi connectivity index (χ1) is 9.09. The van der Waals surface area contributed by atoms with Gasteiger partial charge in [0.2, 0.25) is 5.91 Å². The Morgan fingerprint density at radius 2 is 1.53 bits per heavy atom. The molecule has 0 spiro atoms. The predicted octanol–water partition coefficient (Wildman–Crippen LogP) is 0.921. The van der Waals surface area contributed by atoms with E-state index >= 15 is 0 Å². The summed E-state index contributed by atoms with van der Waals surface area (Å²) in [5, 5.41) is 1.47. The molecule has 2 aromatic rings. The van der Waals surface area contributed by atoms with Gasteiger partial charge in [0.25, 0.3) is 11.8 Å². The van der Waals surface area contributed by atoms with E-state index in [1.807, 2.05) is 12.1 Å². The van der Waals surface area contributed by atoms with E-state index in [-0.39, 0.29) is 0 Å². The van der Waals surface area contributed by atoms with Crippen LogP contribution in [-0.2, 0) is 4.79 Å². The van der Waals surface area contributed by atoms with Crippen LogP contribution in [0.4, 0.5) is 0 Å². The van der Waals surface area contributed by atoms with Gasteiger partial charge in [-0.2, -0.15) is 0 Å². The molecular formula is C14H10N2O3. The Hall–Kier alpha value is -2.69. The number of carbonyl (C=O) groups excluding carboxylic acids is 3. The van der Waals surface area contributed by atoms with Crippen molar-refractivity contribution in [3.8, 4) is 0 Å². The fourth-order valence-electron chi connectivity index (χ4n) is 2.38. The lowest BCUT2D eigenvalue weighted by atomic mass is 9.94. The van der Waals surface area contributed by atoms with Crippen LogP contribution < -0.4 is 5.73 Å². The highest BCUT2D eigenvalue weighted by molar-refractivity contribution is 6.26. The van der Waals surface area contributed by atoms with Gasteiger partial charge in [0.1, 0.15) is 6.54 Å². The van der Waals surface area contributed by atoms with Gasteiger partial charge < -0.3 is 5.73 Å². The van der Waals surface area contributed by atoms with E-state index in [9.17, 15) is 14.4 Å². The van der Waals surface area contributed by atoms with E-state index in [0.29, 0.717) is 16.5 Å². The lowest BCUT2D eigenvalue weighted by Crippen LogP contribution is -2.44. The first-order valence-corrected chi connectivity index (χ1v) is 5.76. The maximum atomic E-state index is 12.2. The van der Waals surface area contributed by atoms with Gasteiger partial charge in [0.05, 0.1) is 0 Å². The Bertz CT molecular complexity index is 686. The van der Waals surface area contributed by atoms with Gasteiger partial charge in [-0.25, -0.2) is 0 Å². The second kappa shape index (κ2) is 3.91. The highest BCUT2D eigenvalue weighted by Gasteiger charge is 2.33. The third-order valence-electron chi connectivity index (χ3n) is 3.17. The number of nitrogens with zero attached hydrogens (tertiary/aromatic N) is 1. The van der Waals surface area contributed by atoms with Crippen molar-refractivity contribution in [1.82, 2.24) is 4.90 Å². The van der Waals surface area contributed by atoms with Crippen LogP contribution in [0, 0.1) is 0 Å². The van der Waals surface area contributed by atoms with Gasteiger partial charge in [-0.3, -0.25) is 19.3 Å². The molecule has 94 valence electrons. The highest BCUT2D eigenvalue weighted by atomic mass is 16.2. The van der Waals surface area contributed by atoms with Gasteiger partial charge in [0.15, 0.2) is 0 Å². The normalized spacial score (nSPS) is 14.0. The fourth-order valence-corrected chi connectivity index (χ4v) is 2.38. The molecule has 0 aliphatic carbocycles. The van der Waals surface area contributed by atoms with Crippen molar-refractivity contribution in [2.24, 2.45) is 5.73 Å². The summed E-state index contributed by atoms with van der Waals surface area (Å²) in [5.41, 5.74) is 5.93. The van der Waals surface area contributed by atoms with Gasteiger partial charge in [-0.1, -0.05) is 24.3 Å². The van der Waals surface area contributed by atoms with Gasteiger partial charge in [-0.05, 0) is 17.5 Å². The molecule has 0 radical (unpaired) electrons. The number of imide groups is 1. The molecule has 1 aliphatic rings. The molecule has 0 aromatic heterocycles. The maximum Gasteiger partial charge on any atom is 0.261 e. The van der Waals surface area contributed by atoms with Crippen molar-refractivity contribution in [2.45, 2.75) is 0 Å². The SMILES string of the molecule is NC(=O)CN1C(=O)c2cccc3cccc(c23)C1=O. The van der Waals surface area contributed by atoms with Crippen LogP contribution in [0.1, 0.15) is 20.7 Å². The molecule has 2 aromatic carbocycles. The van der Waals surface area contributed by atoms with Crippen LogP contribution in [0.15, 0.2) is 36.4 Å². The third kappa shape index (κ3) is 1.59. The molecule has 1 aliphatic heterocycles. The van der Waals surface area contributed by atoms with E-state index in [4.69, 9.17) is 5.73 Å². The second-order valence-corrected chi connectivity index (χ2v) is 4.37. The Balaban J connectivity index is 2.28. The molecule has 0 fully saturated rings. The average molecular weight is 254 g/mol. The molecule has 1 heterocycles. The summed E-state index contributed by atoms with van der Waals surface area (Å²) in [6.45, 7) is -0.400. The number of carbonyl (C=O) groups is 3. The molecule has 0 saturated heterocycles. The minimum Gasteiger partial charge on any atom is -0.368 e. The van der Waals surface area contributed by atoms with Crippen LogP contribution in [-0.4, -0.2) is 29.2 Å². The summed E-state index contributed by atoms with van der Waals surface area (Å²) >= 11 is 0. The number of rotatable bonds is 2.